The van der Waals surface area contributed by atoms with Crippen LogP contribution >= 0.6 is 0 Å². The van der Waals surface area contributed by atoms with Gasteiger partial charge in [-0.15, -0.1) is 0 Å². The van der Waals surface area contributed by atoms with E-state index in [1.54, 1.807) is 32.4 Å². The number of aromatic amines is 1. The van der Waals surface area contributed by atoms with Crippen LogP contribution in [0.5, 0.6) is 0 Å². The first-order valence-corrected chi connectivity index (χ1v) is 11.1. The molecule has 1 aromatic heterocycles. The van der Waals surface area contributed by atoms with Gasteiger partial charge in [-0.1, -0.05) is 0 Å². The third-order valence-corrected chi connectivity index (χ3v) is 7.38. The summed E-state index contributed by atoms with van der Waals surface area (Å²) in [4.78, 5) is 17.0. The Morgan fingerprint density at radius 3 is 2.64 bits per heavy atom. The number of H-pyrrole nitrogens is 1. The topological polar surface area (TPSA) is 82.7 Å². The third-order valence-electron chi connectivity index (χ3n) is 5.56. The number of nitrogens with one attached hydrogen (secondary N) is 1. The van der Waals surface area contributed by atoms with E-state index in [1.807, 2.05) is 6.92 Å². The zero-order valence-corrected chi connectivity index (χ0v) is 17.6. The summed E-state index contributed by atoms with van der Waals surface area (Å²) in [6, 6.07) is 6.37. The quantitative estimate of drug-likeness (QED) is 0.757. The minimum atomic E-state index is -3.58. The highest BCUT2D eigenvalue weighted by atomic mass is 32.2. The van der Waals surface area contributed by atoms with Crippen LogP contribution in [0.4, 0.5) is 0 Å². The number of fused-ring (bicyclic) bond motifs is 1. The first-order valence-electron chi connectivity index (χ1n) is 9.62. The Balaban J connectivity index is 1.70. The SMILES string of the molecule is COCCN1CCC(CN(C)S(=O)(=O)c2ccc3[nH]c(=O)cc(C)c3c2)CC1. The summed E-state index contributed by atoms with van der Waals surface area (Å²) in [7, 11) is -0.221. The highest BCUT2D eigenvalue weighted by Crippen LogP contribution is 2.24. The number of piperidine rings is 1. The van der Waals surface area contributed by atoms with Crippen LogP contribution in [-0.2, 0) is 14.8 Å². The number of aromatic nitrogens is 1. The second-order valence-electron chi connectivity index (χ2n) is 7.59. The van der Waals surface area contributed by atoms with Crippen molar-refractivity contribution in [2.45, 2.75) is 24.7 Å². The van der Waals surface area contributed by atoms with Crippen molar-refractivity contribution >= 4 is 20.9 Å². The van der Waals surface area contributed by atoms with E-state index in [0.717, 1.165) is 50.0 Å². The van der Waals surface area contributed by atoms with Gasteiger partial charge in [0.2, 0.25) is 15.6 Å². The summed E-state index contributed by atoms with van der Waals surface area (Å²) in [5, 5.41) is 0.750. The Hall–Kier alpha value is -1.74. The second-order valence-corrected chi connectivity index (χ2v) is 9.63. The van der Waals surface area contributed by atoms with Crippen molar-refractivity contribution in [3.63, 3.8) is 0 Å². The van der Waals surface area contributed by atoms with Gasteiger partial charge in [-0.25, -0.2) is 12.7 Å². The molecule has 2 heterocycles. The maximum atomic E-state index is 13.1. The van der Waals surface area contributed by atoms with Gasteiger partial charge in [0.05, 0.1) is 11.5 Å². The molecule has 0 radical (unpaired) electrons. The van der Waals surface area contributed by atoms with Crippen molar-refractivity contribution in [2.75, 3.05) is 46.9 Å². The molecule has 0 atom stereocenters. The van der Waals surface area contributed by atoms with E-state index >= 15 is 0 Å². The molecule has 1 aliphatic rings. The largest absolute Gasteiger partial charge is 0.383 e. The Kier molecular flexibility index (Phi) is 6.54. The Morgan fingerprint density at radius 1 is 1.25 bits per heavy atom. The number of ether oxygens (including phenoxy) is 1. The van der Waals surface area contributed by atoms with E-state index in [1.165, 1.54) is 10.4 Å². The number of sulfonamides is 1. The highest BCUT2D eigenvalue weighted by molar-refractivity contribution is 7.89. The number of methoxy groups -OCH3 is 1. The Labute approximate surface area is 166 Å². The van der Waals surface area contributed by atoms with Crippen molar-refractivity contribution in [3.05, 3.63) is 40.2 Å². The number of benzene rings is 1. The molecule has 0 aliphatic carbocycles. The molecule has 3 rings (SSSR count). The lowest BCUT2D eigenvalue weighted by Crippen LogP contribution is -2.40. The number of likely N-dealkylation sites (tertiary alicyclic amines) is 1. The minimum absolute atomic E-state index is 0.186. The van der Waals surface area contributed by atoms with Gasteiger partial charge < -0.3 is 14.6 Å². The fourth-order valence-electron chi connectivity index (χ4n) is 3.82. The van der Waals surface area contributed by atoms with Crippen LogP contribution < -0.4 is 5.56 Å². The van der Waals surface area contributed by atoms with Crippen LogP contribution in [0.15, 0.2) is 34.0 Å². The molecule has 0 amide bonds. The van der Waals surface area contributed by atoms with Gasteiger partial charge in [0.1, 0.15) is 0 Å². The van der Waals surface area contributed by atoms with Crippen molar-refractivity contribution in [1.82, 2.24) is 14.2 Å². The number of nitrogens with zero attached hydrogens (tertiary/aromatic N) is 2. The molecule has 1 N–H and O–H groups in total. The van der Waals surface area contributed by atoms with E-state index in [-0.39, 0.29) is 10.5 Å². The fraction of sp³-hybridized carbons (Fsp3) is 0.550. The number of aryl methyl sites for hydroxylation is 1. The van der Waals surface area contributed by atoms with E-state index in [2.05, 4.69) is 9.88 Å². The summed E-state index contributed by atoms with van der Waals surface area (Å²) >= 11 is 0. The molecule has 0 unspecified atom stereocenters. The summed E-state index contributed by atoms with van der Waals surface area (Å²) in [5.74, 6) is 0.358. The van der Waals surface area contributed by atoms with Crippen LogP contribution in [0.25, 0.3) is 10.9 Å². The molecule has 1 aromatic carbocycles. The molecule has 2 aromatic rings. The second kappa shape index (κ2) is 8.73. The number of pyridine rings is 1. The smallest absolute Gasteiger partial charge is 0.248 e. The van der Waals surface area contributed by atoms with Gasteiger partial charge in [0.15, 0.2) is 0 Å². The van der Waals surface area contributed by atoms with Crippen LogP contribution in [-0.4, -0.2) is 69.6 Å². The Bertz CT molecular complexity index is 979. The molecule has 7 nitrogen and oxygen atoms in total. The normalized spacial score (nSPS) is 16.9. The van der Waals surface area contributed by atoms with Gasteiger partial charge in [-0.3, -0.25) is 4.79 Å². The zero-order chi connectivity index (χ0) is 20.3. The summed E-state index contributed by atoms with van der Waals surface area (Å²) in [6.07, 6.45) is 1.98. The molecular formula is C20H29N3O4S. The van der Waals surface area contributed by atoms with Gasteiger partial charge in [-0.05, 0) is 62.5 Å². The number of hydrogen-bond acceptors (Lipinski definition) is 5. The Morgan fingerprint density at radius 2 is 1.96 bits per heavy atom. The monoisotopic (exact) mass is 407 g/mol. The fourth-order valence-corrected chi connectivity index (χ4v) is 5.09. The average Bonchev–Trinajstić information content (AvgIpc) is 2.67. The molecule has 154 valence electrons. The predicted octanol–water partition coefficient (Wildman–Crippen LogP) is 1.82. The van der Waals surface area contributed by atoms with Crippen molar-refractivity contribution in [1.29, 1.82) is 0 Å². The van der Waals surface area contributed by atoms with Gasteiger partial charge in [-0.2, -0.15) is 0 Å². The lowest BCUT2D eigenvalue weighted by Gasteiger charge is -2.33. The summed E-state index contributed by atoms with van der Waals surface area (Å²) in [6.45, 7) is 5.94. The molecule has 0 saturated carbocycles. The molecule has 0 spiro atoms. The third kappa shape index (κ3) is 4.63. The first-order chi connectivity index (χ1) is 13.3. The van der Waals surface area contributed by atoms with Crippen molar-refractivity contribution in [3.8, 4) is 0 Å². The van der Waals surface area contributed by atoms with Crippen LogP contribution in [0, 0.1) is 12.8 Å². The van der Waals surface area contributed by atoms with E-state index in [9.17, 15) is 13.2 Å². The molecule has 1 saturated heterocycles. The lowest BCUT2D eigenvalue weighted by atomic mass is 9.97. The minimum Gasteiger partial charge on any atom is -0.383 e. The molecular weight excluding hydrogens is 378 g/mol. The van der Waals surface area contributed by atoms with Crippen LogP contribution in [0.2, 0.25) is 0 Å². The van der Waals surface area contributed by atoms with Crippen LogP contribution in [0.1, 0.15) is 18.4 Å². The maximum absolute atomic E-state index is 13.1. The van der Waals surface area contributed by atoms with Gasteiger partial charge in [0.25, 0.3) is 0 Å². The molecule has 8 heteroatoms. The number of rotatable bonds is 7. The average molecular weight is 408 g/mol. The van der Waals surface area contributed by atoms with E-state index in [4.69, 9.17) is 4.74 Å². The maximum Gasteiger partial charge on any atom is 0.248 e. The predicted molar refractivity (Wildman–Crippen MR) is 110 cm³/mol. The van der Waals surface area contributed by atoms with Gasteiger partial charge >= 0.3 is 0 Å². The van der Waals surface area contributed by atoms with Gasteiger partial charge in [0, 0.05) is 44.2 Å². The number of hydrogen-bond donors (Lipinski definition) is 1. The summed E-state index contributed by atoms with van der Waals surface area (Å²) in [5.41, 5.74) is 1.23. The van der Waals surface area contributed by atoms with Crippen molar-refractivity contribution in [2.24, 2.45) is 5.92 Å². The van der Waals surface area contributed by atoms with E-state index in [0.29, 0.717) is 18.0 Å². The highest BCUT2D eigenvalue weighted by Gasteiger charge is 2.26. The molecule has 0 bridgehead atoms. The zero-order valence-electron chi connectivity index (χ0n) is 16.8. The first kappa shape index (κ1) is 21.0. The standard InChI is InChI=1S/C20H29N3O4S/c1-15-12-20(24)21-19-5-4-17(13-18(15)19)28(25,26)22(2)14-16-6-8-23(9-7-16)10-11-27-3/h4-5,12-13,16H,6-11,14H2,1-3H3,(H,21,24). The van der Waals surface area contributed by atoms with E-state index < -0.39 is 10.0 Å². The molecule has 28 heavy (non-hydrogen) atoms. The molecule has 1 aliphatic heterocycles. The van der Waals surface area contributed by atoms with Crippen molar-refractivity contribution < 1.29 is 13.2 Å². The lowest BCUT2D eigenvalue weighted by molar-refractivity contribution is 0.116. The van der Waals surface area contributed by atoms with Crippen LogP contribution in [0.3, 0.4) is 0 Å². The summed E-state index contributed by atoms with van der Waals surface area (Å²) < 4.78 is 32.7. The molecule has 1 fully saturated rings.